The Bertz CT molecular complexity index is 1130. The zero-order valence-corrected chi connectivity index (χ0v) is 15.4. The molecular formula is C18H17N3O4S. The van der Waals surface area contributed by atoms with Gasteiger partial charge in [-0.3, -0.25) is 4.18 Å². The Morgan fingerprint density at radius 3 is 2.88 bits per heavy atom. The fraction of sp³-hybridized carbons (Fsp3) is 0.222. The number of fused-ring (bicyclic) bond motifs is 2. The number of rotatable bonds is 5. The van der Waals surface area contributed by atoms with Crippen LogP contribution in [0.4, 0.5) is 0 Å². The van der Waals surface area contributed by atoms with Crippen LogP contribution in [0.25, 0.3) is 28.1 Å². The van der Waals surface area contributed by atoms with Crippen LogP contribution in [0, 0.1) is 6.92 Å². The van der Waals surface area contributed by atoms with Gasteiger partial charge in [-0.2, -0.15) is 5.10 Å². The Morgan fingerprint density at radius 2 is 2.12 bits per heavy atom. The lowest BCUT2D eigenvalue weighted by Crippen LogP contribution is -1.96. The number of nitrogens with zero attached hydrogens (tertiary/aromatic N) is 3. The summed E-state index contributed by atoms with van der Waals surface area (Å²) in [6.45, 7) is 2.12. The fourth-order valence-electron chi connectivity index (χ4n) is 2.79. The van der Waals surface area contributed by atoms with Crippen LogP contribution in [-0.2, 0) is 21.9 Å². The van der Waals surface area contributed by atoms with Gasteiger partial charge in [0.2, 0.25) is 0 Å². The summed E-state index contributed by atoms with van der Waals surface area (Å²) in [5.74, 6) is 1.27. The van der Waals surface area contributed by atoms with Crippen molar-refractivity contribution >= 4 is 27.7 Å². The van der Waals surface area contributed by atoms with Crippen molar-refractivity contribution in [1.82, 2.24) is 14.6 Å². The Kier molecular flexibility index (Phi) is 4.21. The van der Waals surface area contributed by atoms with E-state index in [0.717, 1.165) is 22.3 Å². The van der Waals surface area contributed by atoms with Crippen LogP contribution in [0.2, 0.25) is 0 Å². The Hall–Kier alpha value is -2.71. The molecule has 0 spiro atoms. The molecule has 7 nitrogen and oxygen atoms in total. The van der Waals surface area contributed by atoms with Gasteiger partial charge in [0.25, 0.3) is 0 Å². The molecule has 0 saturated heterocycles. The zero-order valence-electron chi connectivity index (χ0n) is 14.6. The molecule has 0 aliphatic carbocycles. The van der Waals surface area contributed by atoms with Crippen molar-refractivity contribution < 1.29 is 17.5 Å². The molecule has 0 bridgehead atoms. The highest BCUT2D eigenvalue weighted by atomic mass is 32.2. The van der Waals surface area contributed by atoms with E-state index in [9.17, 15) is 4.21 Å². The number of aromatic nitrogens is 3. The quantitative estimate of drug-likeness (QED) is 0.536. The predicted octanol–water partition coefficient (Wildman–Crippen LogP) is 3.27. The lowest BCUT2D eigenvalue weighted by Gasteiger charge is -2.05. The van der Waals surface area contributed by atoms with Gasteiger partial charge in [-0.05, 0) is 36.8 Å². The third kappa shape index (κ3) is 3.09. The standard InChI is InChI=1S/C18H17N3O4S/c1-11-4-5-18-19-15(9-21(18)20-11)17-8-14-12(10-24-26(3)22)6-13(23-2)7-16(14)25-17/h4-9H,10H2,1-3H3. The van der Waals surface area contributed by atoms with Crippen molar-refractivity contribution in [2.24, 2.45) is 0 Å². The molecule has 4 aromatic rings. The van der Waals surface area contributed by atoms with E-state index in [0.29, 0.717) is 22.8 Å². The molecule has 0 amide bonds. The van der Waals surface area contributed by atoms with Crippen LogP contribution in [0.5, 0.6) is 5.75 Å². The average Bonchev–Trinajstić information content (AvgIpc) is 3.22. The van der Waals surface area contributed by atoms with Crippen LogP contribution in [0.3, 0.4) is 0 Å². The monoisotopic (exact) mass is 371 g/mol. The van der Waals surface area contributed by atoms with Crippen LogP contribution in [0.1, 0.15) is 11.3 Å². The number of ether oxygens (including phenoxy) is 1. The normalized spacial score (nSPS) is 12.7. The molecule has 0 saturated carbocycles. The lowest BCUT2D eigenvalue weighted by molar-refractivity contribution is 0.340. The van der Waals surface area contributed by atoms with Crippen LogP contribution >= 0.6 is 0 Å². The van der Waals surface area contributed by atoms with E-state index in [1.165, 1.54) is 6.26 Å². The minimum absolute atomic E-state index is 0.196. The minimum Gasteiger partial charge on any atom is -0.497 e. The largest absolute Gasteiger partial charge is 0.497 e. The van der Waals surface area contributed by atoms with E-state index in [1.807, 2.05) is 43.5 Å². The maximum Gasteiger partial charge on any atom is 0.155 e. The van der Waals surface area contributed by atoms with Gasteiger partial charge in [0.15, 0.2) is 22.5 Å². The molecular weight excluding hydrogens is 354 g/mol. The molecule has 134 valence electrons. The summed E-state index contributed by atoms with van der Waals surface area (Å²) in [6.07, 6.45) is 3.32. The van der Waals surface area contributed by atoms with E-state index in [-0.39, 0.29) is 6.61 Å². The maximum absolute atomic E-state index is 11.3. The van der Waals surface area contributed by atoms with E-state index < -0.39 is 11.1 Å². The zero-order chi connectivity index (χ0) is 18.3. The number of aryl methyl sites for hydroxylation is 1. The summed E-state index contributed by atoms with van der Waals surface area (Å²) in [5.41, 5.74) is 3.82. The number of methoxy groups -OCH3 is 1. The topological polar surface area (TPSA) is 78.9 Å². The molecule has 1 unspecified atom stereocenters. The molecule has 1 aromatic carbocycles. The van der Waals surface area contributed by atoms with Crippen molar-refractivity contribution in [3.8, 4) is 17.2 Å². The van der Waals surface area contributed by atoms with Crippen molar-refractivity contribution in [3.05, 3.63) is 47.8 Å². The van der Waals surface area contributed by atoms with Gasteiger partial charge in [-0.25, -0.2) is 13.7 Å². The van der Waals surface area contributed by atoms with Crippen LogP contribution in [-0.4, -0.2) is 32.2 Å². The Balaban J connectivity index is 1.82. The van der Waals surface area contributed by atoms with Crippen molar-refractivity contribution in [1.29, 1.82) is 0 Å². The molecule has 3 heterocycles. The second-order valence-corrected chi connectivity index (χ2v) is 6.91. The van der Waals surface area contributed by atoms with Gasteiger partial charge in [0, 0.05) is 17.7 Å². The molecule has 0 N–H and O–H groups in total. The van der Waals surface area contributed by atoms with Gasteiger partial charge in [-0.1, -0.05) is 0 Å². The number of imidazole rings is 1. The molecule has 4 rings (SSSR count). The first-order valence-electron chi connectivity index (χ1n) is 7.94. The molecule has 26 heavy (non-hydrogen) atoms. The number of benzene rings is 1. The first kappa shape index (κ1) is 16.7. The fourth-order valence-corrected chi connectivity index (χ4v) is 3.08. The van der Waals surface area contributed by atoms with Crippen molar-refractivity contribution in [3.63, 3.8) is 0 Å². The maximum atomic E-state index is 11.3. The summed E-state index contributed by atoms with van der Waals surface area (Å²) in [4.78, 5) is 4.56. The molecule has 3 aromatic heterocycles. The highest BCUT2D eigenvalue weighted by molar-refractivity contribution is 7.79. The van der Waals surface area contributed by atoms with E-state index in [1.54, 1.807) is 11.6 Å². The Morgan fingerprint density at radius 1 is 1.27 bits per heavy atom. The van der Waals surface area contributed by atoms with Gasteiger partial charge in [0.05, 0.1) is 25.6 Å². The van der Waals surface area contributed by atoms with E-state index in [2.05, 4.69) is 10.1 Å². The first-order valence-corrected chi connectivity index (χ1v) is 9.42. The van der Waals surface area contributed by atoms with Gasteiger partial charge in [0.1, 0.15) is 17.0 Å². The summed E-state index contributed by atoms with van der Waals surface area (Å²) in [6, 6.07) is 9.39. The first-order chi connectivity index (χ1) is 12.5. The molecule has 0 fully saturated rings. The SMILES string of the molecule is COc1cc(COS(C)=O)c2cc(-c3cn4nc(C)ccc4n3)oc2c1. The number of hydrogen-bond donors (Lipinski definition) is 0. The highest BCUT2D eigenvalue weighted by Crippen LogP contribution is 2.33. The van der Waals surface area contributed by atoms with Gasteiger partial charge >= 0.3 is 0 Å². The summed E-state index contributed by atoms with van der Waals surface area (Å²) in [5, 5.41) is 5.28. The van der Waals surface area contributed by atoms with E-state index >= 15 is 0 Å². The summed E-state index contributed by atoms with van der Waals surface area (Å²) in [7, 11) is 1.59. The predicted molar refractivity (Wildman–Crippen MR) is 98.3 cm³/mol. The molecule has 0 aliphatic heterocycles. The van der Waals surface area contributed by atoms with Gasteiger partial charge < -0.3 is 9.15 Å². The Labute approximate surface area is 152 Å². The molecule has 0 radical (unpaired) electrons. The smallest absolute Gasteiger partial charge is 0.155 e. The third-order valence-electron chi connectivity index (χ3n) is 4.02. The second kappa shape index (κ2) is 6.54. The highest BCUT2D eigenvalue weighted by Gasteiger charge is 2.15. The van der Waals surface area contributed by atoms with Crippen molar-refractivity contribution in [2.45, 2.75) is 13.5 Å². The average molecular weight is 371 g/mol. The van der Waals surface area contributed by atoms with Crippen LogP contribution < -0.4 is 4.74 Å². The van der Waals surface area contributed by atoms with Crippen LogP contribution in [0.15, 0.2) is 40.9 Å². The summed E-state index contributed by atoms with van der Waals surface area (Å²) >= 11 is -1.35. The number of hydrogen-bond acceptors (Lipinski definition) is 6. The molecule has 8 heteroatoms. The minimum atomic E-state index is -1.35. The van der Waals surface area contributed by atoms with E-state index in [4.69, 9.17) is 13.3 Å². The number of furan rings is 1. The second-order valence-electron chi connectivity index (χ2n) is 5.88. The summed E-state index contributed by atoms with van der Waals surface area (Å²) < 4.78 is 29.6. The van der Waals surface area contributed by atoms with Crippen molar-refractivity contribution in [2.75, 3.05) is 13.4 Å². The lowest BCUT2D eigenvalue weighted by atomic mass is 10.1. The molecule has 0 aliphatic rings. The third-order valence-corrected chi connectivity index (χ3v) is 4.47. The van der Waals surface area contributed by atoms with Gasteiger partial charge in [-0.15, -0.1) is 0 Å². The molecule has 1 atom stereocenters.